The molecular weight excluding hydrogens is 476 g/mol. The van der Waals surface area contributed by atoms with Crippen molar-refractivity contribution in [2.45, 2.75) is 99.3 Å². The first-order valence-corrected chi connectivity index (χ1v) is 13.4. The van der Waals surface area contributed by atoms with Gasteiger partial charge in [0.2, 0.25) is 0 Å². The second-order valence-electron chi connectivity index (χ2n) is 8.49. The number of esters is 2. The maximum Gasteiger partial charge on any atom is 0.308 e. The van der Waals surface area contributed by atoms with Gasteiger partial charge in [-0.15, -0.1) is 0 Å². The monoisotopic (exact) mass is 522 g/mol. The number of hydrogen-bond acceptors (Lipinski definition) is 5. The summed E-state index contributed by atoms with van der Waals surface area (Å²) in [5.74, 6) is -1.01. The van der Waals surface area contributed by atoms with Gasteiger partial charge in [-0.25, -0.2) is 0 Å². The van der Waals surface area contributed by atoms with Gasteiger partial charge in [-0.2, -0.15) is 0 Å². The van der Waals surface area contributed by atoms with Crippen LogP contribution in [0.1, 0.15) is 99.3 Å². The number of carboxylic acids is 1. The Morgan fingerprint density at radius 1 is 0.812 bits per heavy atom. The van der Waals surface area contributed by atoms with Crippen LogP contribution in [-0.2, 0) is 23.9 Å². The molecule has 4 unspecified atom stereocenters. The Labute approximate surface area is 204 Å². The van der Waals surface area contributed by atoms with Crippen molar-refractivity contribution in [1.82, 2.24) is 0 Å². The molecule has 4 atom stereocenters. The molecule has 0 aromatic carbocycles. The first-order chi connectivity index (χ1) is 15.2. The van der Waals surface area contributed by atoms with Crippen molar-refractivity contribution in [3.05, 3.63) is 0 Å². The Morgan fingerprint density at radius 3 is 1.91 bits per heavy atom. The van der Waals surface area contributed by atoms with Crippen molar-refractivity contribution in [2.75, 3.05) is 18.5 Å². The lowest BCUT2D eigenvalue weighted by Gasteiger charge is -2.19. The summed E-state index contributed by atoms with van der Waals surface area (Å²) in [5, 5.41) is 9.01. The molecule has 190 valence electrons. The molecule has 0 rings (SSSR count). The van der Waals surface area contributed by atoms with Crippen molar-refractivity contribution in [1.29, 1.82) is 0 Å². The lowest BCUT2D eigenvalue weighted by Crippen LogP contribution is -2.23. The zero-order valence-electron chi connectivity index (χ0n) is 21.2. The van der Waals surface area contributed by atoms with E-state index in [-0.39, 0.29) is 29.7 Å². The summed E-state index contributed by atoms with van der Waals surface area (Å²) >= 11 is 3.31. The average Bonchev–Trinajstić information content (AvgIpc) is 2.79. The van der Waals surface area contributed by atoms with Crippen molar-refractivity contribution in [3.63, 3.8) is 0 Å². The second-order valence-corrected chi connectivity index (χ2v) is 9.28. The van der Waals surface area contributed by atoms with Crippen molar-refractivity contribution in [3.8, 4) is 0 Å². The molecule has 6 nitrogen and oxygen atoms in total. The fraction of sp³-hybridized carbons (Fsp3) is 0.880. The molecule has 7 heteroatoms. The van der Waals surface area contributed by atoms with Gasteiger partial charge < -0.3 is 14.6 Å². The number of halogens is 1. The van der Waals surface area contributed by atoms with Gasteiger partial charge >= 0.3 is 17.9 Å². The van der Waals surface area contributed by atoms with Crippen LogP contribution in [0, 0.1) is 23.7 Å². The topological polar surface area (TPSA) is 89.9 Å². The summed E-state index contributed by atoms with van der Waals surface area (Å²) in [4.78, 5) is 34.1. The number of unbranched alkanes of at least 4 members (excludes halogenated alkanes) is 1. The Hall–Kier alpha value is -1.11. The minimum atomic E-state index is -0.706. The number of hydrogen-bond donors (Lipinski definition) is 1. The first kappa shape index (κ1) is 33.1. The molecule has 0 heterocycles. The quantitative estimate of drug-likeness (QED) is 0.131. The standard InChI is InChI=1S/C20H37BrO4.C5H10O2/c1-5-8-10-17(6-2)15-25-20(23)18(7-3)12-11-16(4)19(22)24-14-9-13-21;1-3-4(2)5(6)7/h16-18H,5-15H2,1-4H3;4H,3H2,1-2H3,(H,6,7). The molecule has 0 amide bonds. The predicted octanol–water partition coefficient (Wildman–Crippen LogP) is 6.63. The predicted molar refractivity (Wildman–Crippen MR) is 133 cm³/mol. The Morgan fingerprint density at radius 2 is 1.47 bits per heavy atom. The number of carbonyl (C=O) groups excluding carboxylic acids is 2. The molecular formula is C25H47BrO6. The lowest BCUT2D eigenvalue weighted by molar-refractivity contribution is -0.152. The zero-order valence-corrected chi connectivity index (χ0v) is 22.7. The van der Waals surface area contributed by atoms with Crippen LogP contribution in [-0.4, -0.2) is 41.6 Å². The summed E-state index contributed by atoms with van der Waals surface area (Å²) in [6.07, 6.45) is 8.14. The maximum absolute atomic E-state index is 12.3. The number of carbonyl (C=O) groups is 3. The third kappa shape index (κ3) is 17.4. The summed E-state index contributed by atoms with van der Waals surface area (Å²) in [6, 6.07) is 0. The third-order valence-electron chi connectivity index (χ3n) is 5.74. The molecule has 0 fully saturated rings. The minimum absolute atomic E-state index is 0.114. The Kier molecular flexibility index (Phi) is 22.4. The maximum atomic E-state index is 12.3. The van der Waals surface area contributed by atoms with Crippen molar-refractivity contribution in [2.24, 2.45) is 23.7 Å². The SMILES string of the molecule is CCC(C)C(=O)O.CCCCC(CC)COC(=O)C(CC)CCC(C)C(=O)OCCCBr. The largest absolute Gasteiger partial charge is 0.481 e. The van der Waals surface area contributed by atoms with Crippen LogP contribution in [0.25, 0.3) is 0 Å². The molecule has 0 aliphatic rings. The van der Waals surface area contributed by atoms with Gasteiger partial charge in [-0.1, -0.05) is 76.7 Å². The molecule has 0 aromatic heterocycles. The zero-order chi connectivity index (χ0) is 24.9. The van der Waals surface area contributed by atoms with Crippen LogP contribution in [0.3, 0.4) is 0 Å². The molecule has 0 aliphatic heterocycles. The smallest absolute Gasteiger partial charge is 0.308 e. The van der Waals surface area contributed by atoms with Gasteiger partial charge in [0.05, 0.1) is 31.0 Å². The number of ether oxygens (including phenoxy) is 2. The van der Waals surface area contributed by atoms with Crippen molar-refractivity contribution >= 4 is 33.8 Å². The number of rotatable bonds is 17. The summed E-state index contributed by atoms with van der Waals surface area (Å²) in [5.41, 5.74) is 0. The van der Waals surface area contributed by atoms with Gasteiger partial charge in [0, 0.05) is 5.33 Å². The highest BCUT2D eigenvalue weighted by Gasteiger charge is 2.22. The van der Waals surface area contributed by atoms with E-state index in [4.69, 9.17) is 14.6 Å². The molecule has 0 saturated carbocycles. The van der Waals surface area contributed by atoms with E-state index in [1.807, 2.05) is 20.8 Å². The fourth-order valence-electron chi connectivity index (χ4n) is 2.82. The van der Waals surface area contributed by atoms with Gasteiger partial charge in [0.15, 0.2) is 0 Å². The molecule has 0 spiro atoms. The van der Waals surface area contributed by atoms with Gasteiger partial charge in [-0.3, -0.25) is 14.4 Å². The molecule has 0 saturated heterocycles. The van der Waals surface area contributed by atoms with E-state index in [0.717, 1.165) is 37.4 Å². The van der Waals surface area contributed by atoms with E-state index in [0.29, 0.717) is 32.0 Å². The van der Waals surface area contributed by atoms with Crippen LogP contribution >= 0.6 is 15.9 Å². The van der Waals surface area contributed by atoms with E-state index in [9.17, 15) is 14.4 Å². The fourth-order valence-corrected chi connectivity index (χ4v) is 3.05. The van der Waals surface area contributed by atoms with Crippen molar-refractivity contribution < 1.29 is 29.0 Å². The highest BCUT2D eigenvalue weighted by molar-refractivity contribution is 9.09. The van der Waals surface area contributed by atoms with E-state index in [1.165, 1.54) is 12.8 Å². The van der Waals surface area contributed by atoms with E-state index >= 15 is 0 Å². The number of alkyl halides is 1. The Bertz CT molecular complexity index is 497. The molecule has 0 bridgehead atoms. The molecule has 32 heavy (non-hydrogen) atoms. The van der Waals surface area contributed by atoms with E-state index in [1.54, 1.807) is 6.92 Å². The van der Waals surface area contributed by atoms with E-state index in [2.05, 4.69) is 29.8 Å². The first-order valence-electron chi connectivity index (χ1n) is 12.3. The number of carboxylic acid groups (broad SMARTS) is 1. The normalized spacial score (nSPS) is 14.3. The van der Waals surface area contributed by atoms with Crippen LogP contribution in [0.15, 0.2) is 0 Å². The average molecular weight is 524 g/mol. The summed E-state index contributed by atoms with van der Waals surface area (Å²) < 4.78 is 10.8. The third-order valence-corrected chi connectivity index (χ3v) is 6.30. The number of aliphatic carboxylic acids is 1. The summed E-state index contributed by atoms with van der Waals surface area (Å²) in [7, 11) is 0. The van der Waals surface area contributed by atoms with Gasteiger partial charge in [-0.05, 0) is 44.4 Å². The Balaban J connectivity index is 0. The molecule has 0 aromatic rings. The van der Waals surface area contributed by atoms with Crippen LogP contribution < -0.4 is 0 Å². The summed E-state index contributed by atoms with van der Waals surface area (Å²) in [6.45, 7) is 12.7. The van der Waals surface area contributed by atoms with Crippen LogP contribution in [0.2, 0.25) is 0 Å². The molecule has 1 N–H and O–H groups in total. The highest BCUT2D eigenvalue weighted by Crippen LogP contribution is 2.20. The molecule has 0 radical (unpaired) electrons. The van der Waals surface area contributed by atoms with Gasteiger partial charge in [0.1, 0.15) is 0 Å². The second kappa shape index (κ2) is 21.7. The van der Waals surface area contributed by atoms with Crippen LogP contribution in [0.5, 0.6) is 0 Å². The lowest BCUT2D eigenvalue weighted by atomic mass is 9.95. The molecule has 0 aliphatic carbocycles. The van der Waals surface area contributed by atoms with E-state index < -0.39 is 5.97 Å². The highest BCUT2D eigenvalue weighted by atomic mass is 79.9. The minimum Gasteiger partial charge on any atom is -0.481 e. The van der Waals surface area contributed by atoms with Gasteiger partial charge in [0.25, 0.3) is 0 Å². The van der Waals surface area contributed by atoms with Crippen LogP contribution in [0.4, 0.5) is 0 Å².